The van der Waals surface area contributed by atoms with Crippen LogP contribution in [-0.4, -0.2) is 5.78 Å². The number of hydrogen-bond donors (Lipinski definition) is 0. The molecule has 90 valence electrons. The zero-order valence-electron chi connectivity index (χ0n) is 10.6. The molecule has 1 rings (SSSR count). The second-order valence-corrected chi connectivity index (χ2v) is 4.38. The van der Waals surface area contributed by atoms with Gasteiger partial charge in [-0.3, -0.25) is 4.79 Å². The molecule has 0 aliphatic heterocycles. The van der Waals surface area contributed by atoms with E-state index in [1.54, 1.807) is 6.08 Å². The molecule has 0 radical (unpaired) electrons. The predicted octanol–water partition coefficient (Wildman–Crippen LogP) is 4.10. The third-order valence-electron chi connectivity index (χ3n) is 2.46. The van der Waals surface area contributed by atoms with E-state index in [1.165, 1.54) is 11.1 Å². The van der Waals surface area contributed by atoms with Crippen molar-refractivity contribution >= 4 is 5.78 Å². The lowest BCUT2D eigenvalue weighted by atomic mass is 10.1. The normalized spacial score (nSPS) is 10.5. The second kappa shape index (κ2) is 7.61. The summed E-state index contributed by atoms with van der Waals surface area (Å²) in [5, 5.41) is 0. The van der Waals surface area contributed by atoms with Crippen molar-refractivity contribution in [2.75, 3.05) is 0 Å². The van der Waals surface area contributed by atoms with Crippen molar-refractivity contribution in [2.24, 2.45) is 0 Å². The number of ketones is 1. The molecule has 0 unspecified atom stereocenters. The van der Waals surface area contributed by atoms with Gasteiger partial charge in [-0.15, -0.1) is 0 Å². The van der Waals surface area contributed by atoms with Crippen LogP contribution in [0.1, 0.15) is 32.3 Å². The Bertz CT molecular complexity index is 395. The van der Waals surface area contributed by atoms with Gasteiger partial charge in [0.2, 0.25) is 0 Å². The van der Waals surface area contributed by atoms with Crippen LogP contribution >= 0.6 is 0 Å². The van der Waals surface area contributed by atoms with Gasteiger partial charge in [0.25, 0.3) is 0 Å². The molecular formula is C16H20O. The summed E-state index contributed by atoms with van der Waals surface area (Å²) in [5.41, 5.74) is 2.50. The molecule has 1 aromatic rings. The lowest BCUT2D eigenvalue weighted by molar-refractivity contribution is -0.113. The maximum absolute atomic E-state index is 11.4. The summed E-state index contributed by atoms with van der Waals surface area (Å²) in [7, 11) is 0. The molecule has 17 heavy (non-hydrogen) atoms. The highest BCUT2D eigenvalue weighted by atomic mass is 16.1. The van der Waals surface area contributed by atoms with E-state index in [1.807, 2.05) is 44.2 Å². The zero-order chi connectivity index (χ0) is 12.5. The standard InChI is InChI=1S/C16H20O/c1-14(2)12-13-16(17)11-7-6-10-15-8-4-3-5-9-15/h3-5,7-9,11-12H,6,10,13H2,1-2H3/b11-7+. The average molecular weight is 228 g/mol. The summed E-state index contributed by atoms with van der Waals surface area (Å²) in [6, 6.07) is 10.3. The SMILES string of the molecule is CC(C)=CCC(=O)/C=C/CCc1ccccc1. The maximum atomic E-state index is 11.4. The monoisotopic (exact) mass is 228 g/mol. The lowest BCUT2D eigenvalue weighted by Crippen LogP contribution is -1.90. The van der Waals surface area contributed by atoms with Crippen LogP contribution in [0.2, 0.25) is 0 Å². The Morgan fingerprint density at radius 2 is 1.88 bits per heavy atom. The van der Waals surface area contributed by atoms with Gasteiger partial charge in [0.15, 0.2) is 5.78 Å². The van der Waals surface area contributed by atoms with Gasteiger partial charge in [-0.2, -0.15) is 0 Å². The fraction of sp³-hybridized carbons (Fsp3) is 0.312. The number of carbonyl (C=O) groups excluding carboxylic acids is 1. The zero-order valence-corrected chi connectivity index (χ0v) is 10.6. The van der Waals surface area contributed by atoms with Crippen LogP contribution in [0.25, 0.3) is 0 Å². The summed E-state index contributed by atoms with van der Waals surface area (Å²) in [5.74, 6) is 0.180. The first-order valence-corrected chi connectivity index (χ1v) is 6.05. The van der Waals surface area contributed by atoms with E-state index in [0.29, 0.717) is 6.42 Å². The summed E-state index contributed by atoms with van der Waals surface area (Å²) >= 11 is 0. The fourth-order valence-corrected chi connectivity index (χ4v) is 1.48. The molecule has 1 heteroatoms. The van der Waals surface area contributed by atoms with Crippen LogP contribution in [0.3, 0.4) is 0 Å². The van der Waals surface area contributed by atoms with Gasteiger partial charge in [0, 0.05) is 6.42 Å². The average Bonchev–Trinajstić information content (AvgIpc) is 2.33. The molecule has 0 spiro atoms. The second-order valence-electron chi connectivity index (χ2n) is 4.38. The van der Waals surface area contributed by atoms with Crippen molar-refractivity contribution in [1.82, 2.24) is 0 Å². The lowest BCUT2D eigenvalue weighted by Gasteiger charge is -1.96. The number of carbonyl (C=O) groups is 1. The third kappa shape index (κ3) is 6.52. The highest BCUT2D eigenvalue weighted by molar-refractivity contribution is 5.90. The maximum Gasteiger partial charge on any atom is 0.159 e. The van der Waals surface area contributed by atoms with Gasteiger partial charge in [-0.1, -0.05) is 48.1 Å². The first-order valence-electron chi connectivity index (χ1n) is 6.05. The Balaban J connectivity index is 2.27. The minimum Gasteiger partial charge on any atom is -0.295 e. The summed E-state index contributed by atoms with van der Waals surface area (Å²) in [6.07, 6.45) is 8.06. The molecule has 0 aliphatic rings. The van der Waals surface area contributed by atoms with Crippen molar-refractivity contribution in [3.8, 4) is 0 Å². The van der Waals surface area contributed by atoms with Gasteiger partial charge in [0.05, 0.1) is 0 Å². The van der Waals surface area contributed by atoms with E-state index < -0.39 is 0 Å². The van der Waals surface area contributed by atoms with Crippen LogP contribution in [0, 0.1) is 0 Å². The van der Waals surface area contributed by atoms with Gasteiger partial charge in [-0.05, 0) is 38.3 Å². The van der Waals surface area contributed by atoms with Crippen LogP contribution < -0.4 is 0 Å². The van der Waals surface area contributed by atoms with Crippen molar-refractivity contribution in [2.45, 2.75) is 33.1 Å². The van der Waals surface area contributed by atoms with Crippen molar-refractivity contribution in [1.29, 1.82) is 0 Å². The topological polar surface area (TPSA) is 17.1 Å². The van der Waals surface area contributed by atoms with Crippen molar-refractivity contribution in [3.63, 3.8) is 0 Å². The predicted molar refractivity (Wildman–Crippen MR) is 73.0 cm³/mol. The smallest absolute Gasteiger partial charge is 0.159 e. The molecular weight excluding hydrogens is 208 g/mol. The van der Waals surface area contributed by atoms with Crippen LogP contribution in [-0.2, 0) is 11.2 Å². The van der Waals surface area contributed by atoms with E-state index in [2.05, 4.69) is 12.1 Å². The largest absolute Gasteiger partial charge is 0.295 e. The molecule has 0 N–H and O–H groups in total. The molecule has 0 amide bonds. The number of aryl methyl sites for hydroxylation is 1. The molecule has 1 aromatic carbocycles. The highest BCUT2D eigenvalue weighted by Gasteiger charge is 1.93. The highest BCUT2D eigenvalue weighted by Crippen LogP contribution is 2.03. The molecule has 0 heterocycles. The molecule has 0 fully saturated rings. The van der Waals surface area contributed by atoms with E-state index in [0.717, 1.165) is 12.8 Å². The van der Waals surface area contributed by atoms with E-state index in [-0.39, 0.29) is 5.78 Å². The molecule has 1 nitrogen and oxygen atoms in total. The van der Waals surface area contributed by atoms with Crippen LogP contribution in [0.15, 0.2) is 54.1 Å². The van der Waals surface area contributed by atoms with E-state index in [4.69, 9.17) is 0 Å². The van der Waals surface area contributed by atoms with Gasteiger partial charge < -0.3 is 0 Å². The van der Waals surface area contributed by atoms with Crippen molar-refractivity contribution in [3.05, 3.63) is 59.7 Å². The van der Waals surface area contributed by atoms with Crippen molar-refractivity contribution < 1.29 is 4.79 Å². The first kappa shape index (κ1) is 13.4. The number of allylic oxidation sites excluding steroid dienone is 4. The molecule has 0 atom stereocenters. The number of rotatable bonds is 6. The minimum absolute atomic E-state index is 0.180. The summed E-state index contributed by atoms with van der Waals surface area (Å²) < 4.78 is 0. The third-order valence-corrected chi connectivity index (χ3v) is 2.46. The Kier molecular flexibility index (Phi) is 6.02. The Hall–Kier alpha value is -1.63. The van der Waals surface area contributed by atoms with Gasteiger partial charge >= 0.3 is 0 Å². The molecule has 0 bridgehead atoms. The Morgan fingerprint density at radius 1 is 1.18 bits per heavy atom. The van der Waals surface area contributed by atoms with Gasteiger partial charge in [-0.25, -0.2) is 0 Å². The fourth-order valence-electron chi connectivity index (χ4n) is 1.48. The number of benzene rings is 1. The Morgan fingerprint density at radius 3 is 2.53 bits per heavy atom. The molecule has 0 aromatic heterocycles. The molecule has 0 aliphatic carbocycles. The van der Waals surface area contributed by atoms with E-state index >= 15 is 0 Å². The first-order chi connectivity index (χ1) is 8.18. The minimum atomic E-state index is 0.180. The molecule has 0 saturated heterocycles. The van der Waals surface area contributed by atoms with Crippen LogP contribution in [0.4, 0.5) is 0 Å². The summed E-state index contributed by atoms with van der Waals surface area (Å²) in [4.78, 5) is 11.4. The van der Waals surface area contributed by atoms with Gasteiger partial charge in [0.1, 0.15) is 0 Å². The van der Waals surface area contributed by atoms with Crippen LogP contribution in [0.5, 0.6) is 0 Å². The number of hydrogen-bond acceptors (Lipinski definition) is 1. The Labute approximate surface area is 104 Å². The van der Waals surface area contributed by atoms with E-state index in [9.17, 15) is 4.79 Å². The quantitative estimate of drug-likeness (QED) is 0.529. The summed E-state index contributed by atoms with van der Waals surface area (Å²) in [6.45, 7) is 4.01. The molecule has 0 saturated carbocycles.